The molecule has 84 valence electrons. The van der Waals surface area contributed by atoms with Crippen molar-refractivity contribution in [3.8, 4) is 11.5 Å². The molecule has 2 N–H and O–H groups in total. The van der Waals surface area contributed by atoms with E-state index in [4.69, 9.17) is 10.2 Å². The van der Waals surface area contributed by atoms with Crippen LogP contribution in [-0.2, 0) is 0 Å². The maximum Gasteiger partial charge on any atom is 0.248 e. The van der Waals surface area contributed by atoms with E-state index in [0.29, 0.717) is 11.8 Å². The van der Waals surface area contributed by atoms with E-state index in [2.05, 4.69) is 26.1 Å². The summed E-state index contributed by atoms with van der Waals surface area (Å²) < 4.78 is 6.46. The highest BCUT2D eigenvalue weighted by Crippen LogP contribution is 2.30. The van der Waals surface area contributed by atoms with Crippen LogP contribution in [0.2, 0.25) is 0 Å². The molecule has 0 spiro atoms. The van der Waals surface area contributed by atoms with E-state index < -0.39 is 0 Å². The Morgan fingerprint density at radius 3 is 2.75 bits per heavy atom. The lowest BCUT2D eigenvalue weighted by atomic mass is 10.1. The molecule has 1 unspecified atom stereocenters. The van der Waals surface area contributed by atoms with E-state index in [1.807, 2.05) is 32.0 Å². The summed E-state index contributed by atoms with van der Waals surface area (Å²) in [7, 11) is 0. The molecule has 0 bridgehead atoms. The van der Waals surface area contributed by atoms with E-state index in [1.165, 1.54) is 0 Å². The van der Waals surface area contributed by atoms with E-state index in [9.17, 15) is 0 Å². The SMILES string of the molecule is Cc1cccc(-c2nnc(C(C)N)o2)c1Br. The fourth-order valence-electron chi connectivity index (χ4n) is 1.34. The predicted octanol–water partition coefficient (Wildman–Crippen LogP) is 2.83. The third-order valence-electron chi connectivity index (χ3n) is 2.25. The van der Waals surface area contributed by atoms with Crippen LogP contribution in [0.4, 0.5) is 0 Å². The average Bonchev–Trinajstić information content (AvgIpc) is 2.71. The fraction of sp³-hybridized carbons (Fsp3) is 0.273. The normalized spacial score (nSPS) is 12.8. The molecule has 0 aliphatic rings. The lowest BCUT2D eigenvalue weighted by Gasteiger charge is -2.02. The van der Waals surface area contributed by atoms with Crippen molar-refractivity contribution in [2.75, 3.05) is 0 Å². The molecule has 5 heteroatoms. The molecule has 1 atom stereocenters. The van der Waals surface area contributed by atoms with Crippen LogP contribution in [0.1, 0.15) is 24.4 Å². The summed E-state index contributed by atoms with van der Waals surface area (Å²) in [6.07, 6.45) is 0. The molecular formula is C11H12BrN3O. The number of rotatable bonds is 2. The molecule has 0 radical (unpaired) electrons. The van der Waals surface area contributed by atoms with Gasteiger partial charge in [0.25, 0.3) is 0 Å². The first kappa shape index (κ1) is 11.3. The highest BCUT2D eigenvalue weighted by atomic mass is 79.9. The fourth-order valence-corrected chi connectivity index (χ4v) is 1.77. The van der Waals surface area contributed by atoms with Gasteiger partial charge in [0.1, 0.15) is 0 Å². The summed E-state index contributed by atoms with van der Waals surface area (Å²) in [6.45, 7) is 3.82. The van der Waals surface area contributed by atoms with Gasteiger partial charge in [-0.25, -0.2) is 0 Å². The van der Waals surface area contributed by atoms with Gasteiger partial charge in [0.15, 0.2) is 0 Å². The van der Waals surface area contributed by atoms with Crippen molar-refractivity contribution >= 4 is 15.9 Å². The van der Waals surface area contributed by atoms with Crippen LogP contribution >= 0.6 is 15.9 Å². The Kier molecular flexibility index (Phi) is 3.07. The minimum Gasteiger partial charge on any atom is -0.419 e. The van der Waals surface area contributed by atoms with Crippen LogP contribution in [0.5, 0.6) is 0 Å². The van der Waals surface area contributed by atoms with Gasteiger partial charge in [0.2, 0.25) is 11.8 Å². The molecule has 1 heterocycles. The lowest BCUT2D eigenvalue weighted by Crippen LogP contribution is -2.04. The van der Waals surface area contributed by atoms with Crippen molar-refractivity contribution in [1.29, 1.82) is 0 Å². The van der Waals surface area contributed by atoms with E-state index >= 15 is 0 Å². The van der Waals surface area contributed by atoms with E-state index in [1.54, 1.807) is 0 Å². The molecule has 1 aromatic heterocycles. The summed E-state index contributed by atoms with van der Waals surface area (Å²) in [4.78, 5) is 0. The van der Waals surface area contributed by atoms with Gasteiger partial charge in [-0.1, -0.05) is 12.1 Å². The largest absolute Gasteiger partial charge is 0.419 e. The second kappa shape index (κ2) is 4.35. The molecule has 16 heavy (non-hydrogen) atoms. The second-order valence-electron chi connectivity index (χ2n) is 3.67. The Labute approximate surface area is 102 Å². The number of halogens is 1. The molecule has 1 aromatic carbocycles. The third kappa shape index (κ3) is 2.01. The van der Waals surface area contributed by atoms with Crippen molar-refractivity contribution < 1.29 is 4.42 Å². The van der Waals surface area contributed by atoms with Crippen LogP contribution in [0.15, 0.2) is 27.1 Å². The van der Waals surface area contributed by atoms with Gasteiger partial charge in [-0.3, -0.25) is 0 Å². The quantitative estimate of drug-likeness (QED) is 0.919. The zero-order chi connectivity index (χ0) is 11.7. The lowest BCUT2D eigenvalue weighted by molar-refractivity contribution is 0.473. The topological polar surface area (TPSA) is 64.9 Å². The van der Waals surface area contributed by atoms with Crippen molar-refractivity contribution in [1.82, 2.24) is 10.2 Å². The standard InChI is InChI=1S/C11H12BrN3O/c1-6-4-3-5-8(9(6)12)11-15-14-10(16-11)7(2)13/h3-5,7H,13H2,1-2H3. The maximum atomic E-state index is 5.67. The first-order valence-corrected chi connectivity index (χ1v) is 5.73. The minimum atomic E-state index is -0.246. The van der Waals surface area contributed by atoms with E-state index in [0.717, 1.165) is 15.6 Å². The molecule has 0 aliphatic carbocycles. The summed E-state index contributed by atoms with van der Waals surface area (Å²) >= 11 is 3.50. The van der Waals surface area contributed by atoms with Gasteiger partial charge in [-0.2, -0.15) is 0 Å². The number of benzene rings is 1. The zero-order valence-electron chi connectivity index (χ0n) is 9.07. The van der Waals surface area contributed by atoms with Crippen LogP contribution in [0.25, 0.3) is 11.5 Å². The first-order valence-electron chi connectivity index (χ1n) is 4.94. The number of aryl methyl sites for hydroxylation is 1. The zero-order valence-corrected chi connectivity index (χ0v) is 10.7. The van der Waals surface area contributed by atoms with Crippen molar-refractivity contribution in [2.45, 2.75) is 19.9 Å². The van der Waals surface area contributed by atoms with Gasteiger partial charge in [-0.05, 0) is 41.4 Å². The minimum absolute atomic E-state index is 0.246. The van der Waals surface area contributed by atoms with Gasteiger partial charge in [0, 0.05) is 4.47 Å². The molecule has 0 amide bonds. The van der Waals surface area contributed by atoms with Crippen LogP contribution in [-0.4, -0.2) is 10.2 Å². The second-order valence-corrected chi connectivity index (χ2v) is 4.46. The predicted molar refractivity (Wildman–Crippen MR) is 64.8 cm³/mol. The van der Waals surface area contributed by atoms with Crippen LogP contribution in [0.3, 0.4) is 0 Å². The summed E-state index contributed by atoms with van der Waals surface area (Å²) in [5.74, 6) is 0.936. The summed E-state index contributed by atoms with van der Waals surface area (Å²) in [5.41, 5.74) is 7.68. The number of hydrogen-bond donors (Lipinski definition) is 1. The van der Waals surface area contributed by atoms with Crippen molar-refractivity contribution in [3.63, 3.8) is 0 Å². The number of nitrogens with two attached hydrogens (primary N) is 1. The number of nitrogens with zero attached hydrogens (tertiary/aromatic N) is 2. The molecule has 4 nitrogen and oxygen atoms in total. The monoisotopic (exact) mass is 281 g/mol. The third-order valence-corrected chi connectivity index (χ3v) is 3.30. The van der Waals surface area contributed by atoms with Crippen LogP contribution in [0, 0.1) is 6.92 Å². The van der Waals surface area contributed by atoms with E-state index in [-0.39, 0.29) is 6.04 Å². The van der Waals surface area contributed by atoms with Crippen molar-refractivity contribution in [3.05, 3.63) is 34.1 Å². The Balaban J connectivity index is 2.47. The number of hydrogen-bond acceptors (Lipinski definition) is 4. The average molecular weight is 282 g/mol. The van der Waals surface area contributed by atoms with Crippen LogP contribution < -0.4 is 5.73 Å². The van der Waals surface area contributed by atoms with Gasteiger partial charge in [-0.15, -0.1) is 10.2 Å². The van der Waals surface area contributed by atoms with Gasteiger partial charge >= 0.3 is 0 Å². The Morgan fingerprint density at radius 1 is 1.38 bits per heavy atom. The molecule has 0 aliphatic heterocycles. The van der Waals surface area contributed by atoms with Crippen molar-refractivity contribution in [2.24, 2.45) is 5.73 Å². The highest BCUT2D eigenvalue weighted by Gasteiger charge is 2.14. The Hall–Kier alpha value is -1.20. The molecular weight excluding hydrogens is 270 g/mol. The molecule has 0 saturated carbocycles. The summed E-state index contributed by atoms with van der Waals surface area (Å²) in [5, 5.41) is 7.88. The molecule has 0 fully saturated rings. The summed E-state index contributed by atoms with van der Waals surface area (Å²) in [6, 6.07) is 5.64. The van der Waals surface area contributed by atoms with Gasteiger partial charge < -0.3 is 10.2 Å². The smallest absolute Gasteiger partial charge is 0.248 e. The Morgan fingerprint density at radius 2 is 2.12 bits per heavy atom. The molecule has 2 rings (SSSR count). The first-order chi connectivity index (χ1) is 7.59. The molecule has 2 aromatic rings. The Bertz CT molecular complexity index is 508. The number of aromatic nitrogens is 2. The maximum absolute atomic E-state index is 5.67. The van der Waals surface area contributed by atoms with Gasteiger partial charge in [0.05, 0.1) is 11.6 Å². The highest BCUT2D eigenvalue weighted by molar-refractivity contribution is 9.10. The molecule has 0 saturated heterocycles.